The normalized spacial score (nSPS) is 26.3. The van der Waals surface area contributed by atoms with Gasteiger partial charge in [-0.15, -0.1) is 0 Å². The summed E-state index contributed by atoms with van der Waals surface area (Å²) in [5, 5.41) is 0. The molecule has 26 heavy (non-hydrogen) atoms. The number of hydrogen-bond donors (Lipinski definition) is 0. The number of epoxide rings is 2. The van der Waals surface area contributed by atoms with Gasteiger partial charge < -0.3 is 9.47 Å². The van der Waals surface area contributed by atoms with Crippen LogP contribution in [0.15, 0.2) is 0 Å². The molecule has 4 unspecified atom stereocenters. The first kappa shape index (κ1) is 24.0. The van der Waals surface area contributed by atoms with Crippen LogP contribution in [0.5, 0.6) is 0 Å². The van der Waals surface area contributed by atoms with Gasteiger partial charge in [0.2, 0.25) is 0 Å². The molecule has 0 aromatic carbocycles. The maximum Gasteiger partial charge on any atom is 0.0841 e. The highest BCUT2D eigenvalue weighted by atomic mass is 16.6. The zero-order valence-corrected chi connectivity index (χ0v) is 18.4. The molecular formula is C24H48O2. The van der Waals surface area contributed by atoms with E-state index in [1.54, 1.807) is 0 Å². The van der Waals surface area contributed by atoms with Crippen LogP contribution in [-0.2, 0) is 9.47 Å². The molecule has 2 aliphatic rings. The van der Waals surface area contributed by atoms with Crippen molar-refractivity contribution in [2.24, 2.45) is 0 Å². The van der Waals surface area contributed by atoms with Crippen LogP contribution in [0.2, 0.25) is 0 Å². The lowest BCUT2D eigenvalue weighted by Gasteiger charge is -1.99. The largest absolute Gasteiger partial charge is 0.370 e. The van der Waals surface area contributed by atoms with E-state index in [9.17, 15) is 0 Å². The first-order chi connectivity index (χ1) is 12.7. The zero-order chi connectivity index (χ0) is 19.0. The molecule has 2 heteroatoms. The van der Waals surface area contributed by atoms with Crippen LogP contribution in [0, 0.1) is 0 Å². The molecule has 2 fully saturated rings. The van der Waals surface area contributed by atoms with Crippen LogP contribution < -0.4 is 0 Å². The first-order valence-electron chi connectivity index (χ1n) is 12.0. The van der Waals surface area contributed by atoms with Gasteiger partial charge in [-0.1, -0.05) is 104 Å². The second-order valence-electron chi connectivity index (χ2n) is 8.47. The summed E-state index contributed by atoms with van der Waals surface area (Å²) in [6.07, 6.45) is 24.6. The highest BCUT2D eigenvalue weighted by molar-refractivity contribution is 4.82. The summed E-state index contributed by atoms with van der Waals surface area (Å²) in [4.78, 5) is 0. The quantitative estimate of drug-likeness (QED) is 0.205. The minimum Gasteiger partial charge on any atom is -0.370 e. The number of rotatable bonds is 16. The Morgan fingerprint density at radius 3 is 1.31 bits per heavy atom. The molecule has 4 atom stereocenters. The van der Waals surface area contributed by atoms with Crippen molar-refractivity contribution in [2.75, 3.05) is 0 Å². The molecule has 0 aromatic heterocycles. The standard InChI is InChI=1S/2C12H24O/c1-3-4-5-6-7-8-9-10-12-11(2)13-12;1-3-5-6-7-8-9-10-12-11(4-2)13-12/h2*11-12H,3-10H2,1-2H3. The summed E-state index contributed by atoms with van der Waals surface area (Å²) >= 11 is 0. The van der Waals surface area contributed by atoms with Crippen molar-refractivity contribution in [3.8, 4) is 0 Å². The molecule has 156 valence electrons. The minimum absolute atomic E-state index is 0.570. The lowest BCUT2D eigenvalue weighted by molar-refractivity contribution is 0.355. The van der Waals surface area contributed by atoms with E-state index in [0.717, 1.165) is 0 Å². The molecular weight excluding hydrogens is 320 g/mol. The minimum atomic E-state index is 0.570. The lowest BCUT2D eigenvalue weighted by atomic mass is 10.1. The fourth-order valence-electron chi connectivity index (χ4n) is 3.75. The summed E-state index contributed by atoms with van der Waals surface area (Å²) in [7, 11) is 0. The van der Waals surface area contributed by atoms with Crippen LogP contribution in [0.4, 0.5) is 0 Å². The van der Waals surface area contributed by atoms with Gasteiger partial charge in [0.1, 0.15) is 0 Å². The van der Waals surface area contributed by atoms with Crippen LogP contribution in [0.3, 0.4) is 0 Å². The second kappa shape index (κ2) is 15.9. The average Bonchev–Trinajstić information content (AvgIpc) is 3.55. The lowest BCUT2D eigenvalue weighted by Crippen LogP contribution is -1.92. The third kappa shape index (κ3) is 13.1. The topological polar surface area (TPSA) is 25.1 Å². The Balaban J connectivity index is 0.000000260. The Hall–Kier alpha value is -0.0800. The van der Waals surface area contributed by atoms with Gasteiger partial charge in [0, 0.05) is 0 Å². The molecule has 2 saturated heterocycles. The van der Waals surface area contributed by atoms with Gasteiger partial charge >= 0.3 is 0 Å². The van der Waals surface area contributed by atoms with Crippen LogP contribution in [0.25, 0.3) is 0 Å². The molecule has 0 aliphatic carbocycles. The summed E-state index contributed by atoms with van der Waals surface area (Å²) in [6, 6.07) is 0. The predicted octanol–water partition coefficient (Wildman–Crippen LogP) is 7.83. The SMILES string of the molecule is CCCCCCCCC1OC1CC.CCCCCCCCCC1OC1C. The maximum atomic E-state index is 5.49. The molecule has 2 aliphatic heterocycles. The Labute approximate surface area is 164 Å². The average molecular weight is 369 g/mol. The predicted molar refractivity (Wildman–Crippen MR) is 114 cm³/mol. The summed E-state index contributed by atoms with van der Waals surface area (Å²) in [5.74, 6) is 0. The fourth-order valence-corrected chi connectivity index (χ4v) is 3.75. The molecule has 0 aromatic rings. The Morgan fingerprint density at radius 1 is 0.500 bits per heavy atom. The van der Waals surface area contributed by atoms with Gasteiger partial charge in [0.15, 0.2) is 0 Å². The van der Waals surface area contributed by atoms with Crippen molar-refractivity contribution in [1.82, 2.24) is 0 Å². The molecule has 2 nitrogen and oxygen atoms in total. The van der Waals surface area contributed by atoms with Crippen molar-refractivity contribution < 1.29 is 9.47 Å². The maximum absolute atomic E-state index is 5.49. The van der Waals surface area contributed by atoms with Crippen molar-refractivity contribution in [2.45, 2.75) is 155 Å². The van der Waals surface area contributed by atoms with E-state index >= 15 is 0 Å². The highest BCUT2D eigenvalue weighted by Crippen LogP contribution is 2.29. The van der Waals surface area contributed by atoms with Crippen molar-refractivity contribution in [3.05, 3.63) is 0 Å². The number of ether oxygens (including phenoxy) is 2. The van der Waals surface area contributed by atoms with Gasteiger partial charge in [-0.2, -0.15) is 0 Å². The Kier molecular flexibility index (Phi) is 14.7. The molecule has 0 bridgehead atoms. The first-order valence-corrected chi connectivity index (χ1v) is 12.0. The molecule has 0 spiro atoms. The van der Waals surface area contributed by atoms with Gasteiger partial charge in [0.25, 0.3) is 0 Å². The summed E-state index contributed by atoms with van der Waals surface area (Å²) in [5.41, 5.74) is 0. The fraction of sp³-hybridized carbons (Fsp3) is 1.00. The Morgan fingerprint density at radius 2 is 0.923 bits per heavy atom. The van der Waals surface area contributed by atoms with Gasteiger partial charge in [-0.25, -0.2) is 0 Å². The van der Waals surface area contributed by atoms with Crippen LogP contribution in [-0.4, -0.2) is 24.4 Å². The van der Waals surface area contributed by atoms with Crippen molar-refractivity contribution >= 4 is 0 Å². The smallest absolute Gasteiger partial charge is 0.0841 e. The molecule has 0 radical (unpaired) electrons. The highest BCUT2D eigenvalue weighted by Gasteiger charge is 2.35. The van der Waals surface area contributed by atoms with E-state index in [2.05, 4.69) is 27.7 Å². The summed E-state index contributed by atoms with van der Waals surface area (Å²) < 4.78 is 10.9. The number of hydrogen-bond acceptors (Lipinski definition) is 2. The van der Waals surface area contributed by atoms with E-state index in [0.29, 0.717) is 24.4 Å². The third-order valence-electron chi connectivity index (χ3n) is 5.86. The van der Waals surface area contributed by atoms with E-state index < -0.39 is 0 Å². The third-order valence-corrected chi connectivity index (χ3v) is 5.86. The van der Waals surface area contributed by atoms with E-state index in [1.807, 2.05) is 0 Å². The van der Waals surface area contributed by atoms with E-state index in [4.69, 9.17) is 9.47 Å². The van der Waals surface area contributed by atoms with Gasteiger partial charge in [-0.05, 0) is 26.2 Å². The van der Waals surface area contributed by atoms with Crippen molar-refractivity contribution in [1.29, 1.82) is 0 Å². The van der Waals surface area contributed by atoms with Crippen molar-refractivity contribution in [3.63, 3.8) is 0 Å². The van der Waals surface area contributed by atoms with E-state index in [1.165, 1.54) is 103 Å². The Bertz CT molecular complexity index is 305. The number of unbranched alkanes of at least 4 members (excludes halogenated alkanes) is 11. The van der Waals surface area contributed by atoms with Crippen LogP contribution >= 0.6 is 0 Å². The van der Waals surface area contributed by atoms with Gasteiger partial charge in [0.05, 0.1) is 24.4 Å². The molecule has 0 N–H and O–H groups in total. The second-order valence-corrected chi connectivity index (χ2v) is 8.47. The van der Waals surface area contributed by atoms with Gasteiger partial charge in [-0.3, -0.25) is 0 Å². The molecule has 0 amide bonds. The molecule has 0 saturated carbocycles. The molecule has 2 rings (SSSR count). The van der Waals surface area contributed by atoms with E-state index in [-0.39, 0.29) is 0 Å². The van der Waals surface area contributed by atoms with Crippen LogP contribution in [0.1, 0.15) is 130 Å². The monoisotopic (exact) mass is 368 g/mol. The molecule has 2 heterocycles. The zero-order valence-electron chi connectivity index (χ0n) is 18.4. The summed E-state index contributed by atoms with van der Waals surface area (Å²) in [6.45, 7) is 8.92.